The Balaban J connectivity index is 1.74. The topological polar surface area (TPSA) is 83.6 Å². The fraction of sp³-hybridized carbons (Fsp3) is 0.267. The number of carboxylic acid groups (broad SMARTS) is 1. The van der Waals surface area contributed by atoms with E-state index in [4.69, 9.17) is 9.52 Å². The van der Waals surface area contributed by atoms with Crippen LogP contribution in [-0.4, -0.2) is 39.5 Å². The Kier molecular flexibility index (Phi) is 3.43. The molecule has 1 N–H and O–H groups in total. The van der Waals surface area contributed by atoms with Gasteiger partial charge in [0.1, 0.15) is 12.1 Å². The highest BCUT2D eigenvalue weighted by atomic mass is 16.4. The SMILES string of the molecule is O=C(O)CN(C(=O)/C=C\c1nc2ccccc2o1)C1CC1. The van der Waals surface area contributed by atoms with Crippen LogP contribution in [0.3, 0.4) is 0 Å². The van der Waals surface area contributed by atoms with Crippen LogP contribution in [0.4, 0.5) is 0 Å². The predicted octanol–water partition coefficient (Wildman–Crippen LogP) is 1.92. The maximum Gasteiger partial charge on any atom is 0.323 e. The van der Waals surface area contributed by atoms with E-state index in [-0.39, 0.29) is 18.5 Å². The van der Waals surface area contributed by atoms with Gasteiger partial charge in [-0.2, -0.15) is 0 Å². The maximum atomic E-state index is 12.1. The van der Waals surface area contributed by atoms with Gasteiger partial charge in [0, 0.05) is 18.2 Å². The van der Waals surface area contributed by atoms with Gasteiger partial charge >= 0.3 is 5.97 Å². The van der Waals surface area contributed by atoms with Gasteiger partial charge in [0.15, 0.2) is 5.58 Å². The minimum absolute atomic E-state index is 0.0434. The molecule has 0 aliphatic heterocycles. The molecule has 3 rings (SSSR count). The monoisotopic (exact) mass is 286 g/mol. The summed E-state index contributed by atoms with van der Waals surface area (Å²) in [7, 11) is 0. The lowest BCUT2D eigenvalue weighted by atomic mass is 10.3. The molecule has 6 heteroatoms. The summed E-state index contributed by atoms with van der Waals surface area (Å²) in [5, 5.41) is 8.84. The highest BCUT2D eigenvalue weighted by Gasteiger charge is 2.32. The second kappa shape index (κ2) is 5.40. The van der Waals surface area contributed by atoms with Crippen LogP contribution in [-0.2, 0) is 9.59 Å². The zero-order chi connectivity index (χ0) is 14.8. The molecule has 0 atom stereocenters. The molecule has 1 fully saturated rings. The molecule has 0 bridgehead atoms. The van der Waals surface area contributed by atoms with Gasteiger partial charge in [-0.3, -0.25) is 9.59 Å². The number of rotatable bonds is 5. The number of aromatic nitrogens is 1. The van der Waals surface area contributed by atoms with Crippen molar-refractivity contribution in [1.29, 1.82) is 0 Å². The summed E-state index contributed by atoms with van der Waals surface area (Å²) >= 11 is 0. The first-order valence-corrected chi connectivity index (χ1v) is 6.69. The average molecular weight is 286 g/mol. The van der Waals surface area contributed by atoms with Crippen molar-refractivity contribution >= 4 is 29.1 Å². The molecule has 1 aromatic heterocycles. The Bertz CT molecular complexity index is 682. The van der Waals surface area contributed by atoms with Crippen molar-refractivity contribution in [2.75, 3.05) is 6.54 Å². The number of carboxylic acids is 1. The molecule has 1 aliphatic carbocycles. The number of benzene rings is 1. The first-order valence-electron chi connectivity index (χ1n) is 6.69. The summed E-state index contributed by atoms with van der Waals surface area (Å²) in [5.41, 5.74) is 1.36. The van der Waals surface area contributed by atoms with E-state index in [9.17, 15) is 9.59 Å². The molecule has 2 aromatic rings. The number of fused-ring (bicyclic) bond motifs is 1. The molecule has 1 amide bonds. The smallest absolute Gasteiger partial charge is 0.323 e. The number of hydrogen-bond donors (Lipinski definition) is 1. The largest absolute Gasteiger partial charge is 0.480 e. The molecule has 21 heavy (non-hydrogen) atoms. The van der Waals surface area contributed by atoms with E-state index in [1.54, 1.807) is 6.07 Å². The zero-order valence-corrected chi connectivity index (χ0v) is 11.2. The molecule has 1 aliphatic rings. The Labute approximate surface area is 120 Å². The van der Waals surface area contributed by atoms with Crippen LogP contribution in [0, 0.1) is 0 Å². The summed E-state index contributed by atoms with van der Waals surface area (Å²) in [5.74, 6) is -1.01. The first kappa shape index (κ1) is 13.4. The third-order valence-electron chi connectivity index (χ3n) is 3.26. The Hall–Kier alpha value is -2.63. The summed E-state index contributed by atoms with van der Waals surface area (Å²) in [6.45, 7) is -0.276. The van der Waals surface area contributed by atoms with Crippen molar-refractivity contribution in [1.82, 2.24) is 9.88 Å². The first-order chi connectivity index (χ1) is 10.1. The molecule has 1 aromatic carbocycles. The number of carbonyl (C=O) groups is 2. The second-order valence-corrected chi connectivity index (χ2v) is 4.94. The molecular formula is C15H14N2O4. The van der Waals surface area contributed by atoms with Crippen LogP contribution in [0.5, 0.6) is 0 Å². The third kappa shape index (κ3) is 3.10. The number of nitrogens with zero attached hydrogens (tertiary/aromatic N) is 2. The van der Waals surface area contributed by atoms with Crippen LogP contribution < -0.4 is 0 Å². The number of hydrogen-bond acceptors (Lipinski definition) is 4. The van der Waals surface area contributed by atoms with Gasteiger partial charge in [-0.1, -0.05) is 12.1 Å². The summed E-state index contributed by atoms with van der Waals surface area (Å²) in [4.78, 5) is 28.4. The third-order valence-corrected chi connectivity index (χ3v) is 3.26. The van der Waals surface area contributed by atoms with E-state index in [0.717, 1.165) is 12.8 Å². The van der Waals surface area contributed by atoms with E-state index < -0.39 is 5.97 Å². The lowest BCUT2D eigenvalue weighted by molar-refractivity contribution is -0.143. The van der Waals surface area contributed by atoms with E-state index in [2.05, 4.69) is 4.98 Å². The van der Waals surface area contributed by atoms with Crippen LogP contribution in [0.1, 0.15) is 18.7 Å². The van der Waals surface area contributed by atoms with Crippen molar-refractivity contribution < 1.29 is 19.1 Å². The molecule has 6 nitrogen and oxygen atoms in total. The predicted molar refractivity (Wildman–Crippen MR) is 75.4 cm³/mol. The van der Waals surface area contributed by atoms with Crippen molar-refractivity contribution in [3.8, 4) is 0 Å². The van der Waals surface area contributed by atoms with Crippen LogP contribution in [0.25, 0.3) is 17.2 Å². The molecule has 1 heterocycles. The normalized spacial score (nSPS) is 14.7. The summed E-state index contributed by atoms with van der Waals surface area (Å²) in [6, 6.07) is 7.35. The van der Waals surface area contributed by atoms with Gasteiger partial charge in [0.05, 0.1) is 0 Å². The van der Waals surface area contributed by atoms with Gasteiger partial charge in [0.2, 0.25) is 11.8 Å². The number of oxazole rings is 1. The molecular weight excluding hydrogens is 272 g/mol. The Morgan fingerprint density at radius 2 is 2.14 bits per heavy atom. The molecule has 108 valence electrons. The summed E-state index contributed by atoms with van der Waals surface area (Å²) < 4.78 is 5.47. The second-order valence-electron chi connectivity index (χ2n) is 4.94. The molecule has 1 saturated carbocycles. The lowest BCUT2D eigenvalue weighted by Gasteiger charge is -2.17. The quantitative estimate of drug-likeness (QED) is 0.849. The minimum Gasteiger partial charge on any atom is -0.480 e. The van der Waals surface area contributed by atoms with Crippen LogP contribution in [0.2, 0.25) is 0 Å². The maximum absolute atomic E-state index is 12.1. The summed E-state index contributed by atoms with van der Waals surface area (Å²) in [6.07, 6.45) is 4.50. The fourth-order valence-corrected chi connectivity index (χ4v) is 2.12. The van der Waals surface area contributed by atoms with Gasteiger partial charge < -0.3 is 14.4 Å². The van der Waals surface area contributed by atoms with Crippen LogP contribution >= 0.6 is 0 Å². The fourth-order valence-electron chi connectivity index (χ4n) is 2.12. The van der Waals surface area contributed by atoms with E-state index in [1.165, 1.54) is 17.1 Å². The zero-order valence-electron chi connectivity index (χ0n) is 11.2. The standard InChI is InChI=1S/C15H14N2O4/c18-14(17(9-15(19)20)10-5-6-10)8-7-13-16-11-3-1-2-4-12(11)21-13/h1-4,7-8,10H,5-6,9H2,(H,19,20)/b8-7-. The molecule has 0 saturated heterocycles. The highest BCUT2D eigenvalue weighted by Crippen LogP contribution is 2.27. The molecule has 0 radical (unpaired) electrons. The Morgan fingerprint density at radius 1 is 1.38 bits per heavy atom. The lowest BCUT2D eigenvalue weighted by Crippen LogP contribution is -2.36. The number of aliphatic carboxylic acids is 1. The minimum atomic E-state index is -1.01. The molecule has 0 unspecified atom stereocenters. The van der Waals surface area contributed by atoms with E-state index >= 15 is 0 Å². The van der Waals surface area contributed by atoms with E-state index in [0.29, 0.717) is 17.0 Å². The van der Waals surface area contributed by atoms with E-state index in [1.807, 2.05) is 18.2 Å². The molecule has 0 spiro atoms. The van der Waals surface area contributed by atoms with Crippen molar-refractivity contribution in [2.45, 2.75) is 18.9 Å². The number of para-hydroxylation sites is 2. The van der Waals surface area contributed by atoms with Gasteiger partial charge in [0.25, 0.3) is 0 Å². The highest BCUT2D eigenvalue weighted by molar-refractivity contribution is 5.93. The number of carbonyl (C=O) groups excluding carboxylic acids is 1. The Morgan fingerprint density at radius 3 is 2.81 bits per heavy atom. The average Bonchev–Trinajstić information content (AvgIpc) is 3.21. The van der Waals surface area contributed by atoms with Gasteiger partial charge in [-0.15, -0.1) is 0 Å². The van der Waals surface area contributed by atoms with Crippen LogP contribution in [0.15, 0.2) is 34.8 Å². The van der Waals surface area contributed by atoms with Gasteiger partial charge in [-0.25, -0.2) is 4.98 Å². The van der Waals surface area contributed by atoms with Crippen molar-refractivity contribution in [3.05, 3.63) is 36.2 Å². The number of amides is 1. The van der Waals surface area contributed by atoms with Gasteiger partial charge in [-0.05, 0) is 25.0 Å². The van der Waals surface area contributed by atoms with Crippen molar-refractivity contribution in [2.24, 2.45) is 0 Å². The van der Waals surface area contributed by atoms with Crippen molar-refractivity contribution in [3.63, 3.8) is 0 Å².